The van der Waals surface area contributed by atoms with Gasteiger partial charge >= 0.3 is 0 Å². The van der Waals surface area contributed by atoms with E-state index in [0.29, 0.717) is 34.3 Å². The van der Waals surface area contributed by atoms with Gasteiger partial charge in [-0.3, -0.25) is 4.79 Å². The monoisotopic (exact) mass is 369 g/mol. The summed E-state index contributed by atoms with van der Waals surface area (Å²) in [4.78, 5) is 20.7. The van der Waals surface area contributed by atoms with Crippen molar-refractivity contribution in [3.05, 3.63) is 64.4 Å². The normalized spacial score (nSPS) is 12.1. The smallest absolute Gasteiger partial charge is 0.250 e. The number of carbonyl (C=O) groups is 1. The lowest BCUT2D eigenvalue weighted by atomic mass is 10.1. The average molecular weight is 370 g/mol. The van der Waals surface area contributed by atoms with Crippen molar-refractivity contribution in [3.8, 4) is 0 Å². The summed E-state index contributed by atoms with van der Waals surface area (Å²) in [6, 6.07) is 12.9. The Labute approximate surface area is 156 Å². The van der Waals surface area contributed by atoms with Gasteiger partial charge in [0.1, 0.15) is 11.6 Å². The highest BCUT2D eigenvalue weighted by molar-refractivity contribution is 6.30. The molecule has 26 heavy (non-hydrogen) atoms. The Bertz CT molecular complexity index is 960. The fraction of sp³-hybridized carbons (Fsp3) is 0.211. The maximum Gasteiger partial charge on any atom is 0.250 e. The van der Waals surface area contributed by atoms with Crippen LogP contribution in [0.1, 0.15) is 27.8 Å². The van der Waals surface area contributed by atoms with E-state index in [-0.39, 0.29) is 6.04 Å². The molecule has 0 fully saturated rings. The first-order valence-corrected chi connectivity index (χ1v) is 8.61. The highest BCUT2D eigenvalue weighted by Gasteiger charge is 2.17. The second kappa shape index (κ2) is 7.68. The third-order valence-corrected chi connectivity index (χ3v) is 4.31. The Kier molecular flexibility index (Phi) is 5.35. The summed E-state index contributed by atoms with van der Waals surface area (Å²) >= 11 is 6.14. The molecule has 2 aromatic carbocycles. The number of nitrogens with one attached hydrogen (secondary N) is 2. The molecule has 0 spiro atoms. The van der Waals surface area contributed by atoms with Gasteiger partial charge in [0.15, 0.2) is 0 Å². The van der Waals surface area contributed by atoms with Crippen molar-refractivity contribution in [1.82, 2.24) is 15.3 Å². The number of aromatic nitrogens is 2. The molecule has 3 aromatic rings. The molecular formula is C19H20ClN5O. The average Bonchev–Trinajstić information content (AvgIpc) is 2.60. The quantitative estimate of drug-likeness (QED) is 0.621. The molecule has 0 aliphatic carbocycles. The van der Waals surface area contributed by atoms with Crippen molar-refractivity contribution < 1.29 is 4.79 Å². The van der Waals surface area contributed by atoms with Crippen LogP contribution in [0.2, 0.25) is 5.02 Å². The van der Waals surface area contributed by atoms with Gasteiger partial charge in [-0.2, -0.15) is 0 Å². The van der Waals surface area contributed by atoms with Crippen molar-refractivity contribution in [1.29, 1.82) is 0 Å². The number of anilines is 1. The van der Waals surface area contributed by atoms with Gasteiger partial charge in [-0.1, -0.05) is 29.8 Å². The SMILES string of the molecule is CNC[C@@H](Nc1nc(C)nc2c(C(N)=O)cccc12)c1cccc(Cl)c1. The van der Waals surface area contributed by atoms with Gasteiger partial charge in [0.25, 0.3) is 5.91 Å². The molecule has 1 heterocycles. The Morgan fingerprint density at radius 3 is 2.69 bits per heavy atom. The molecule has 0 unspecified atom stereocenters. The number of para-hydroxylation sites is 1. The molecule has 1 amide bonds. The van der Waals surface area contributed by atoms with Gasteiger partial charge in [0.05, 0.1) is 17.1 Å². The molecule has 0 saturated heterocycles. The molecule has 0 radical (unpaired) electrons. The highest BCUT2D eigenvalue weighted by atomic mass is 35.5. The number of fused-ring (bicyclic) bond motifs is 1. The Balaban J connectivity index is 2.09. The molecule has 134 valence electrons. The number of carbonyl (C=O) groups excluding carboxylic acids is 1. The minimum absolute atomic E-state index is 0.0616. The lowest BCUT2D eigenvalue weighted by molar-refractivity contribution is 0.100. The van der Waals surface area contributed by atoms with E-state index in [1.54, 1.807) is 19.1 Å². The number of likely N-dealkylation sites (N-methyl/N-ethyl adjacent to an activating group) is 1. The predicted octanol–water partition coefficient (Wildman–Crippen LogP) is 3.06. The largest absolute Gasteiger partial charge is 0.366 e. The van der Waals surface area contributed by atoms with Crippen LogP contribution in [-0.4, -0.2) is 29.5 Å². The van der Waals surface area contributed by atoms with Crippen LogP contribution >= 0.6 is 11.6 Å². The zero-order chi connectivity index (χ0) is 18.7. The fourth-order valence-electron chi connectivity index (χ4n) is 2.92. The molecule has 4 N–H and O–H groups in total. The van der Waals surface area contributed by atoms with E-state index in [9.17, 15) is 4.79 Å². The van der Waals surface area contributed by atoms with Crippen molar-refractivity contribution >= 4 is 34.2 Å². The van der Waals surface area contributed by atoms with Gasteiger partial charge in [0.2, 0.25) is 0 Å². The zero-order valence-corrected chi connectivity index (χ0v) is 15.3. The van der Waals surface area contributed by atoms with E-state index in [4.69, 9.17) is 17.3 Å². The number of nitrogens with zero attached hydrogens (tertiary/aromatic N) is 2. The molecule has 0 saturated carbocycles. The third kappa shape index (κ3) is 3.76. The van der Waals surface area contributed by atoms with Crippen LogP contribution in [0.3, 0.4) is 0 Å². The lowest BCUT2D eigenvalue weighted by Gasteiger charge is -2.21. The van der Waals surface area contributed by atoms with Crippen molar-refractivity contribution in [2.75, 3.05) is 18.9 Å². The number of primary amides is 1. The summed E-state index contributed by atoms with van der Waals surface area (Å²) in [5.41, 5.74) is 7.45. The summed E-state index contributed by atoms with van der Waals surface area (Å²) in [5.74, 6) is 0.695. The molecule has 7 heteroatoms. The van der Waals surface area contributed by atoms with Crippen LogP contribution in [0.5, 0.6) is 0 Å². The maximum atomic E-state index is 11.7. The van der Waals surface area contributed by atoms with Crippen LogP contribution in [0.15, 0.2) is 42.5 Å². The first-order valence-electron chi connectivity index (χ1n) is 8.23. The summed E-state index contributed by atoms with van der Waals surface area (Å²) in [5, 5.41) is 8.04. The van der Waals surface area contributed by atoms with Gasteiger partial charge in [-0.05, 0) is 43.8 Å². The van der Waals surface area contributed by atoms with Gasteiger partial charge in [0, 0.05) is 17.0 Å². The summed E-state index contributed by atoms with van der Waals surface area (Å²) in [7, 11) is 1.88. The lowest BCUT2D eigenvalue weighted by Crippen LogP contribution is -2.24. The molecule has 1 aromatic heterocycles. The predicted molar refractivity (Wildman–Crippen MR) is 105 cm³/mol. The molecular weight excluding hydrogens is 350 g/mol. The molecule has 0 aliphatic rings. The number of hydrogen-bond acceptors (Lipinski definition) is 5. The van der Waals surface area contributed by atoms with Gasteiger partial charge < -0.3 is 16.4 Å². The van der Waals surface area contributed by atoms with E-state index in [0.717, 1.165) is 10.9 Å². The molecule has 0 aliphatic heterocycles. The van der Waals surface area contributed by atoms with E-state index in [1.807, 2.05) is 37.4 Å². The number of aryl methyl sites for hydroxylation is 1. The number of benzene rings is 2. The molecule has 0 bridgehead atoms. The van der Waals surface area contributed by atoms with Crippen LogP contribution in [0, 0.1) is 6.92 Å². The minimum atomic E-state index is -0.513. The number of amides is 1. The standard InChI is InChI=1S/C19H20ClN5O/c1-11-23-17-14(18(21)26)7-4-8-15(17)19(24-11)25-16(10-22-2)12-5-3-6-13(20)9-12/h3-9,16,22H,10H2,1-2H3,(H2,21,26)(H,23,24,25)/t16-/m1/s1. The second-order valence-corrected chi connectivity index (χ2v) is 6.43. The Morgan fingerprint density at radius 2 is 2.00 bits per heavy atom. The first-order chi connectivity index (χ1) is 12.5. The van der Waals surface area contributed by atoms with Crippen molar-refractivity contribution in [3.63, 3.8) is 0 Å². The molecule has 1 atom stereocenters. The zero-order valence-electron chi connectivity index (χ0n) is 14.6. The summed E-state index contributed by atoms with van der Waals surface area (Å²) in [6.45, 7) is 2.45. The first kappa shape index (κ1) is 18.1. The summed E-state index contributed by atoms with van der Waals surface area (Å²) < 4.78 is 0. The van der Waals surface area contributed by atoms with Crippen LogP contribution in [-0.2, 0) is 0 Å². The number of rotatable bonds is 6. The molecule has 6 nitrogen and oxygen atoms in total. The second-order valence-electron chi connectivity index (χ2n) is 6.00. The molecule has 3 rings (SSSR count). The van der Waals surface area contributed by atoms with Crippen LogP contribution in [0.25, 0.3) is 10.9 Å². The Morgan fingerprint density at radius 1 is 1.23 bits per heavy atom. The van der Waals surface area contributed by atoms with E-state index in [1.165, 1.54) is 0 Å². The van der Waals surface area contributed by atoms with E-state index >= 15 is 0 Å². The highest BCUT2D eigenvalue weighted by Crippen LogP contribution is 2.27. The Hall–Kier alpha value is -2.70. The van der Waals surface area contributed by atoms with Gasteiger partial charge in [-0.15, -0.1) is 0 Å². The number of hydrogen-bond donors (Lipinski definition) is 3. The van der Waals surface area contributed by atoms with Crippen LogP contribution in [0.4, 0.5) is 5.82 Å². The third-order valence-electron chi connectivity index (χ3n) is 4.07. The van der Waals surface area contributed by atoms with Crippen molar-refractivity contribution in [2.24, 2.45) is 5.73 Å². The topological polar surface area (TPSA) is 92.9 Å². The minimum Gasteiger partial charge on any atom is -0.366 e. The van der Waals surface area contributed by atoms with Crippen molar-refractivity contribution in [2.45, 2.75) is 13.0 Å². The summed E-state index contributed by atoms with van der Waals surface area (Å²) in [6.07, 6.45) is 0. The van der Waals surface area contributed by atoms with Gasteiger partial charge in [-0.25, -0.2) is 9.97 Å². The number of halogens is 1. The van der Waals surface area contributed by atoms with E-state index < -0.39 is 5.91 Å². The van der Waals surface area contributed by atoms with E-state index in [2.05, 4.69) is 20.6 Å². The van der Waals surface area contributed by atoms with Crippen LogP contribution < -0.4 is 16.4 Å². The maximum absolute atomic E-state index is 11.7. The number of nitrogens with two attached hydrogens (primary N) is 1. The fourth-order valence-corrected chi connectivity index (χ4v) is 3.12.